The molecule has 1 saturated heterocycles. The van der Waals surface area contributed by atoms with Crippen molar-refractivity contribution in [1.29, 1.82) is 0 Å². The largest absolute Gasteiger partial charge is 0.378 e. The van der Waals surface area contributed by atoms with Crippen molar-refractivity contribution in [3.05, 3.63) is 53.9 Å². The molecular formula is C17H19N3O2. The van der Waals surface area contributed by atoms with Crippen LogP contribution < -0.4 is 10.2 Å². The summed E-state index contributed by atoms with van der Waals surface area (Å²) in [5.74, 6) is -0.194. The van der Waals surface area contributed by atoms with Crippen LogP contribution in [0, 0.1) is 6.92 Å². The lowest BCUT2D eigenvalue weighted by atomic mass is 10.1. The first-order valence-corrected chi connectivity index (χ1v) is 7.40. The van der Waals surface area contributed by atoms with Crippen molar-refractivity contribution in [1.82, 2.24) is 4.98 Å². The normalized spacial score (nSPS) is 14.7. The molecule has 0 unspecified atom stereocenters. The van der Waals surface area contributed by atoms with Gasteiger partial charge in [-0.3, -0.25) is 9.78 Å². The SMILES string of the molecule is Cc1ccc(N2CCOCC2)c(NC(=O)c2ccccn2)c1. The summed E-state index contributed by atoms with van der Waals surface area (Å²) in [6.07, 6.45) is 1.62. The molecular weight excluding hydrogens is 278 g/mol. The molecule has 1 aromatic heterocycles. The minimum absolute atomic E-state index is 0.194. The van der Waals surface area contributed by atoms with Crippen molar-refractivity contribution in [3.8, 4) is 0 Å². The number of nitrogens with one attached hydrogen (secondary N) is 1. The molecule has 2 heterocycles. The Morgan fingerprint density at radius 1 is 1.23 bits per heavy atom. The topological polar surface area (TPSA) is 54.5 Å². The van der Waals surface area contributed by atoms with E-state index in [-0.39, 0.29) is 5.91 Å². The van der Waals surface area contributed by atoms with Crippen LogP contribution in [0.2, 0.25) is 0 Å². The Balaban J connectivity index is 1.85. The molecule has 2 aromatic rings. The fourth-order valence-electron chi connectivity index (χ4n) is 2.51. The maximum atomic E-state index is 12.3. The molecule has 114 valence electrons. The van der Waals surface area contributed by atoms with E-state index in [4.69, 9.17) is 4.74 Å². The molecule has 5 heteroatoms. The highest BCUT2D eigenvalue weighted by Gasteiger charge is 2.17. The predicted molar refractivity (Wildman–Crippen MR) is 86.4 cm³/mol. The number of anilines is 2. The molecule has 3 rings (SSSR count). The summed E-state index contributed by atoms with van der Waals surface area (Å²) in [6.45, 7) is 5.09. The summed E-state index contributed by atoms with van der Waals surface area (Å²) in [5.41, 5.74) is 3.36. The molecule has 1 aliphatic heterocycles. The second-order valence-corrected chi connectivity index (χ2v) is 5.29. The molecule has 0 bridgehead atoms. The Bertz CT molecular complexity index is 652. The van der Waals surface area contributed by atoms with Crippen LogP contribution in [0.15, 0.2) is 42.6 Å². The summed E-state index contributed by atoms with van der Waals surface area (Å²) in [4.78, 5) is 18.7. The lowest BCUT2D eigenvalue weighted by molar-refractivity contribution is 0.102. The lowest BCUT2D eigenvalue weighted by Gasteiger charge is -2.30. The number of morpholine rings is 1. The molecule has 1 fully saturated rings. The number of aromatic nitrogens is 1. The van der Waals surface area contributed by atoms with Gasteiger partial charge in [0, 0.05) is 19.3 Å². The molecule has 1 aromatic carbocycles. The van der Waals surface area contributed by atoms with E-state index in [1.807, 2.05) is 13.0 Å². The first kappa shape index (κ1) is 14.5. The van der Waals surface area contributed by atoms with Gasteiger partial charge in [0.05, 0.1) is 24.6 Å². The van der Waals surface area contributed by atoms with Gasteiger partial charge in [0.25, 0.3) is 5.91 Å². The number of benzene rings is 1. The smallest absolute Gasteiger partial charge is 0.274 e. The van der Waals surface area contributed by atoms with Crippen LogP contribution in [-0.2, 0) is 4.74 Å². The Labute approximate surface area is 129 Å². The zero-order chi connectivity index (χ0) is 15.4. The van der Waals surface area contributed by atoms with E-state index in [9.17, 15) is 4.79 Å². The molecule has 0 spiro atoms. The zero-order valence-electron chi connectivity index (χ0n) is 12.6. The molecule has 0 radical (unpaired) electrons. The highest BCUT2D eigenvalue weighted by molar-refractivity contribution is 6.04. The number of ether oxygens (including phenoxy) is 1. The van der Waals surface area contributed by atoms with Gasteiger partial charge in [-0.15, -0.1) is 0 Å². The van der Waals surface area contributed by atoms with Crippen molar-refractivity contribution < 1.29 is 9.53 Å². The third-order valence-corrected chi connectivity index (χ3v) is 3.65. The highest BCUT2D eigenvalue weighted by atomic mass is 16.5. The van der Waals surface area contributed by atoms with E-state index in [1.165, 1.54) is 0 Å². The van der Waals surface area contributed by atoms with Gasteiger partial charge >= 0.3 is 0 Å². The molecule has 5 nitrogen and oxygen atoms in total. The van der Waals surface area contributed by atoms with Gasteiger partial charge in [-0.25, -0.2) is 0 Å². The van der Waals surface area contributed by atoms with Gasteiger partial charge in [-0.05, 0) is 36.8 Å². The first-order valence-electron chi connectivity index (χ1n) is 7.40. The molecule has 1 amide bonds. The highest BCUT2D eigenvalue weighted by Crippen LogP contribution is 2.28. The number of rotatable bonds is 3. The maximum Gasteiger partial charge on any atom is 0.274 e. The van der Waals surface area contributed by atoms with Gasteiger partial charge in [0.1, 0.15) is 5.69 Å². The fraction of sp³-hybridized carbons (Fsp3) is 0.294. The van der Waals surface area contributed by atoms with Crippen LogP contribution in [0.1, 0.15) is 16.1 Å². The predicted octanol–water partition coefficient (Wildman–Crippen LogP) is 2.48. The van der Waals surface area contributed by atoms with Crippen molar-refractivity contribution in [2.45, 2.75) is 6.92 Å². The lowest BCUT2D eigenvalue weighted by Crippen LogP contribution is -2.36. The third kappa shape index (κ3) is 3.26. The van der Waals surface area contributed by atoms with Crippen molar-refractivity contribution in [3.63, 3.8) is 0 Å². The summed E-state index contributed by atoms with van der Waals surface area (Å²) >= 11 is 0. The minimum atomic E-state index is -0.194. The van der Waals surface area contributed by atoms with Crippen LogP contribution in [0.5, 0.6) is 0 Å². The minimum Gasteiger partial charge on any atom is -0.378 e. The van der Waals surface area contributed by atoms with Crippen LogP contribution in [-0.4, -0.2) is 37.2 Å². The van der Waals surface area contributed by atoms with E-state index in [2.05, 4.69) is 27.3 Å². The number of hydrogen-bond donors (Lipinski definition) is 1. The van der Waals surface area contributed by atoms with Crippen LogP contribution in [0.3, 0.4) is 0 Å². The average Bonchev–Trinajstić information content (AvgIpc) is 2.56. The van der Waals surface area contributed by atoms with Crippen molar-refractivity contribution in [2.75, 3.05) is 36.5 Å². The van der Waals surface area contributed by atoms with Crippen LogP contribution in [0.4, 0.5) is 11.4 Å². The Kier molecular flexibility index (Phi) is 4.34. The first-order chi connectivity index (χ1) is 10.7. The average molecular weight is 297 g/mol. The second kappa shape index (κ2) is 6.58. The monoisotopic (exact) mass is 297 g/mol. The summed E-state index contributed by atoms with van der Waals surface area (Å²) in [5, 5.41) is 2.98. The summed E-state index contributed by atoms with van der Waals surface area (Å²) < 4.78 is 5.40. The van der Waals surface area contributed by atoms with Crippen LogP contribution in [0.25, 0.3) is 0 Å². The Hall–Kier alpha value is -2.40. The molecule has 1 aliphatic rings. The Morgan fingerprint density at radius 3 is 2.77 bits per heavy atom. The number of pyridine rings is 1. The quantitative estimate of drug-likeness (QED) is 0.945. The molecule has 0 aliphatic carbocycles. The molecule has 1 N–H and O–H groups in total. The number of carbonyl (C=O) groups is 1. The van der Waals surface area contributed by atoms with E-state index in [1.54, 1.807) is 24.4 Å². The Morgan fingerprint density at radius 2 is 2.05 bits per heavy atom. The molecule has 22 heavy (non-hydrogen) atoms. The second-order valence-electron chi connectivity index (χ2n) is 5.29. The number of amides is 1. The third-order valence-electron chi connectivity index (χ3n) is 3.65. The number of aryl methyl sites for hydroxylation is 1. The standard InChI is InChI=1S/C17H19N3O2/c1-13-5-6-16(20-8-10-22-11-9-20)15(12-13)19-17(21)14-4-2-3-7-18-14/h2-7,12H,8-11H2,1H3,(H,19,21). The summed E-state index contributed by atoms with van der Waals surface area (Å²) in [6, 6.07) is 11.4. The number of carbonyl (C=O) groups excluding carboxylic acids is 1. The summed E-state index contributed by atoms with van der Waals surface area (Å²) in [7, 11) is 0. The number of nitrogens with zero attached hydrogens (tertiary/aromatic N) is 2. The molecule has 0 atom stereocenters. The van der Waals surface area contributed by atoms with Gasteiger partial charge in [-0.1, -0.05) is 12.1 Å². The fourth-order valence-corrected chi connectivity index (χ4v) is 2.51. The van der Waals surface area contributed by atoms with Crippen molar-refractivity contribution >= 4 is 17.3 Å². The van der Waals surface area contributed by atoms with Gasteiger partial charge in [0.15, 0.2) is 0 Å². The van der Waals surface area contributed by atoms with Gasteiger partial charge < -0.3 is 15.0 Å². The van der Waals surface area contributed by atoms with Crippen LogP contribution >= 0.6 is 0 Å². The van der Waals surface area contributed by atoms with Gasteiger partial charge in [0.2, 0.25) is 0 Å². The van der Waals surface area contributed by atoms with E-state index < -0.39 is 0 Å². The van der Waals surface area contributed by atoms with Crippen molar-refractivity contribution in [2.24, 2.45) is 0 Å². The number of hydrogen-bond acceptors (Lipinski definition) is 4. The van der Waals surface area contributed by atoms with E-state index in [0.717, 1.165) is 30.0 Å². The van der Waals surface area contributed by atoms with Gasteiger partial charge in [-0.2, -0.15) is 0 Å². The zero-order valence-corrected chi connectivity index (χ0v) is 12.6. The van der Waals surface area contributed by atoms with E-state index in [0.29, 0.717) is 18.9 Å². The molecule has 0 saturated carbocycles. The maximum absolute atomic E-state index is 12.3. The van der Waals surface area contributed by atoms with E-state index >= 15 is 0 Å².